The molecule has 1 unspecified atom stereocenters. The van der Waals surface area contributed by atoms with Crippen LogP contribution in [-0.2, 0) is 4.79 Å². The Labute approximate surface area is 106 Å². The molecule has 0 saturated heterocycles. The van der Waals surface area contributed by atoms with E-state index in [0.717, 1.165) is 11.3 Å². The molecule has 0 bridgehead atoms. The summed E-state index contributed by atoms with van der Waals surface area (Å²) in [5, 5.41) is 14.6. The van der Waals surface area contributed by atoms with E-state index in [9.17, 15) is 4.79 Å². The van der Waals surface area contributed by atoms with Crippen LogP contribution in [-0.4, -0.2) is 18.5 Å². The first-order chi connectivity index (χ1) is 8.04. The van der Waals surface area contributed by atoms with E-state index in [0.29, 0.717) is 5.02 Å². The number of benzene rings is 1. The van der Waals surface area contributed by atoms with E-state index in [4.69, 9.17) is 16.9 Å². The zero-order valence-electron chi connectivity index (χ0n) is 9.75. The number of hydrogen-bond donors (Lipinski definition) is 2. The van der Waals surface area contributed by atoms with Gasteiger partial charge in [0.2, 0.25) is 5.91 Å². The highest BCUT2D eigenvalue weighted by atomic mass is 35.5. The molecule has 1 amide bonds. The third kappa shape index (κ3) is 3.97. The van der Waals surface area contributed by atoms with Gasteiger partial charge >= 0.3 is 0 Å². The zero-order valence-corrected chi connectivity index (χ0v) is 10.5. The number of nitrogens with one attached hydrogen (secondary N) is 2. The van der Waals surface area contributed by atoms with Crippen LogP contribution in [0.2, 0.25) is 5.02 Å². The number of hydrogen-bond acceptors (Lipinski definition) is 3. The Morgan fingerprint density at radius 3 is 2.88 bits per heavy atom. The first-order valence-electron chi connectivity index (χ1n) is 5.22. The van der Waals surface area contributed by atoms with Gasteiger partial charge in [-0.1, -0.05) is 11.6 Å². The van der Waals surface area contributed by atoms with Crippen LogP contribution in [0.1, 0.15) is 12.5 Å². The predicted molar refractivity (Wildman–Crippen MR) is 67.9 cm³/mol. The number of nitrogens with zero attached hydrogens (tertiary/aromatic N) is 1. The van der Waals surface area contributed by atoms with E-state index in [1.807, 2.05) is 25.1 Å². The van der Waals surface area contributed by atoms with Crippen LogP contribution < -0.4 is 10.6 Å². The third-order valence-corrected chi connectivity index (χ3v) is 2.70. The van der Waals surface area contributed by atoms with Crippen LogP contribution in [0.5, 0.6) is 0 Å². The Morgan fingerprint density at radius 2 is 2.29 bits per heavy atom. The molecule has 90 valence electrons. The second-order valence-electron chi connectivity index (χ2n) is 3.71. The van der Waals surface area contributed by atoms with Crippen molar-refractivity contribution in [3.8, 4) is 6.07 Å². The van der Waals surface area contributed by atoms with Gasteiger partial charge in [-0.05, 0) is 37.6 Å². The summed E-state index contributed by atoms with van der Waals surface area (Å²) in [5.74, 6) is -0.209. The van der Waals surface area contributed by atoms with Gasteiger partial charge in [-0.15, -0.1) is 0 Å². The van der Waals surface area contributed by atoms with Crippen molar-refractivity contribution in [3.63, 3.8) is 0 Å². The molecule has 0 aliphatic carbocycles. The largest absolute Gasteiger partial charge is 0.374 e. The number of amides is 1. The van der Waals surface area contributed by atoms with Crippen molar-refractivity contribution < 1.29 is 4.79 Å². The summed E-state index contributed by atoms with van der Waals surface area (Å²) in [4.78, 5) is 11.5. The van der Waals surface area contributed by atoms with Crippen molar-refractivity contribution in [3.05, 3.63) is 28.8 Å². The number of anilines is 1. The average molecular weight is 252 g/mol. The molecule has 1 atom stereocenters. The number of carbonyl (C=O) groups is 1. The number of nitriles is 1. The first kappa shape index (κ1) is 13.3. The zero-order chi connectivity index (χ0) is 12.8. The van der Waals surface area contributed by atoms with Crippen LogP contribution in [0.4, 0.5) is 5.69 Å². The van der Waals surface area contributed by atoms with Gasteiger partial charge in [-0.3, -0.25) is 4.79 Å². The summed E-state index contributed by atoms with van der Waals surface area (Å²) >= 11 is 5.91. The minimum absolute atomic E-state index is 0.0184. The molecule has 2 N–H and O–H groups in total. The molecule has 0 radical (unpaired) electrons. The smallest absolute Gasteiger partial charge is 0.243 e. The van der Waals surface area contributed by atoms with E-state index in [-0.39, 0.29) is 12.5 Å². The van der Waals surface area contributed by atoms with Crippen LogP contribution in [0.25, 0.3) is 0 Å². The van der Waals surface area contributed by atoms with Crippen LogP contribution in [0, 0.1) is 18.3 Å². The molecule has 5 heteroatoms. The van der Waals surface area contributed by atoms with Gasteiger partial charge in [-0.25, -0.2) is 0 Å². The van der Waals surface area contributed by atoms with E-state index in [1.54, 1.807) is 13.0 Å². The minimum atomic E-state index is -0.399. The molecule has 0 saturated carbocycles. The van der Waals surface area contributed by atoms with Crippen LogP contribution >= 0.6 is 11.6 Å². The van der Waals surface area contributed by atoms with Gasteiger partial charge in [0.15, 0.2) is 0 Å². The van der Waals surface area contributed by atoms with Gasteiger partial charge < -0.3 is 10.6 Å². The van der Waals surface area contributed by atoms with E-state index in [2.05, 4.69) is 10.6 Å². The maximum absolute atomic E-state index is 11.5. The summed E-state index contributed by atoms with van der Waals surface area (Å²) in [5.41, 5.74) is 1.77. The first-order valence-corrected chi connectivity index (χ1v) is 5.59. The summed E-state index contributed by atoms with van der Waals surface area (Å²) in [7, 11) is 0. The Kier molecular flexibility index (Phi) is 4.80. The molecule has 0 spiro atoms. The maximum atomic E-state index is 11.5. The summed E-state index contributed by atoms with van der Waals surface area (Å²) < 4.78 is 0. The Hall–Kier alpha value is -1.73. The minimum Gasteiger partial charge on any atom is -0.374 e. The molecular formula is C12H14ClN3O. The predicted octanol–water partition coefficient (Wildman–Crippen LogP) is 2.09. The summed E-state index contributed by atoms with van der Waals surface area (Å²) in [6.07, 6.45) is 0. The van der Waals surface area contributed by atoms with Crippen LogP contribution in [0.3, 0.4) is 0 Å². The van der Waals surface area contributed by atoms with Crippen molar-refractivity contribution in [2.75, 3.05) is 11.9 Å². The van der Waals surface area contributed by atoms with E-state index < -0.39 is 6.04 Å². The van der Waals surface area contributed by atoms with Gasteiger partial charge in [0, 0.05) is 10.7 Å². The lowest BCUT2D eigenvalue weighted by Crippen LogP contribution is -2.37. The van der Waals surface area contributed by atoms with Gasteiger partial charge in [0.25, 0.3) is 0 Å². The molecule has 0 aliphatic heterocycles. The molecule has 0 aromatic heterocycles. The van der Waals surface area contributed by atoms with Crippen molar-refractivity contribution >= 4 is 23.2 Å². The number of rotatable bonds is 4. The van der Waals surface area contributed by atoms with Gasteiger partial charge in [0.1, 0.15) is 12.6 Å². The third-order valence-electron chi connectivity index (χ3n) is 2.28. The number of carbonyl (C=O) groups excluding carboxylic acids is 1. The topological polar surface area (TPSA) is 64.9 Å². The molecule has 4 nitrogen and oxygen atoms in total. The highest BCUT2D eigenvalue weighted by Crippen LogP contribution is 2.19. The fourth-order valence-corrected chi connectivity index (χ4v) is 1.45. The molecular weight excluding hydrogens is 238 g/mol. The van der Waals surface area contributed by atoms with Crippen molar-refractivity contribution in [1.29, 1.82) is 5.26 Å². The van der Waals surface area contributed by atoms with Crippen molar-refractivity contribution in [1.82, 2.24) is 5.32 Å². The lowest BCUT2D eigenvalue weighted by Gasteiger charge is -2.14. The van der Waals surface area contributed by atoms with E-state index >= 15 is 0 Å². The SMILES string of the molecule is Cc1cc(NC(C)C(=O)NCC#N)ccc1Cl. The normalized spacial score (nSPS) is 11.4. The molecule has 1 aromatic carbocycles. The monoisotopic (exact) mass is 251 g/mol. The average Bonchev–Trinajstić information content (AvgIpc) is 2.30. The van der Waals surface area contributed by atoms with Gasteiger partial charge in [-0.2, -0.15) is 5.26 Å². The second-order valence-corrected chi connectivity index (χ2v) is 4.11. The molecule has 17 heavy (non-hydrogen) atoms. The summed E-state index contributed by atoms with van der Waals surface area (Å²) in [6, 6.07) is 6.91. The lowest BCUT2D eigenvalue weighted by atomic mass is 10.2. The quantitative estimate of drug-likeness (QED) is 0.806. The Balaban J connectivity index is 2.62. The fourth-order valence-electron chi connectivity index (χ4n) is 1.33. The van der Waals surface area contributed by atoms with Crippen molar-refractivity contribution in [2.24, 2.45) is 0 Å². The lowest BCUT2D eigenvalue weighted by molar-refractivity contribution is -0.121. The van der Waals surface area contributed by atoms with Crippen LogP contribution in [0.15, 0.2) is 18.2 Å². The molecule has 0 aliphatic rings. The second kappa shape index (κ2) is 6.12. The molecule has 0 heterocycles. The van der Waals surface area contributed by atoms with Crippen molar-refractivity contribution in [2.45, 2.75) is 19.9 Å². The Morgan fingerprint density at radius 1 is 1.59 bits per heavy atom. The standard InChI is InChI=1S/C12H14ClN3O/c1-8-7-10(3-4-11(8)13)16-9(2)12(17)15-6-5-14/h3-4,7,9,16H,6H2,1-2H3,(H,15,17). The molecule has 1 rings (SSSR count). The molecule has 0 fully saturated rings. The number of aryl methyl sites for hydroxylation is 1. The highest BCUT2D eigenvalue weighted by Gasteiger charge is 2.11. The Bertz CT molecular complexity index is 454. The highest BCUT2D eigenvalue weighted by molar-refractivity contribution is 6.31. The van der Waals surface area contributed by atoms with E-state index in [1.165, 1.54) is 0 Å². The number of halogens is 1. The summed E-state index contributed by atoms with van der Waals surface area (Å²) in [6.45, 7) is 3.65. The van der Waals surface area contributed by atoms with Gasteiger partial charge in [0.05, 0.1) is 6.07 Å². The maximum Gasteiger partial charge on any atom is 0.243 e. The fraction of sp³-hybridized carbons (Fsp3) is 0.333. The molecule has 1 aromatic rings.